The van der Waals surface area contributed by atoms with Crippen molar-refractivity contribution >= 4 is 28.2 Å². The molecular formula is C13H23N5OS. The largest absolute Gasteiger partial charge is 0.382 e. The van der Waals surface area contributed by atoms with Gasteiger partial charge in [0.2, 0.25) is 0 Å². The Labute approximate surface area is 123 Å². The average molecular weight is 297 g/mol. The Morgan fingerprint density at radius 1 is 1.55 bits per heavy atom. The van der Waals surface area contributed by atoms with Gasteiger partial charge in [0.1, 0.15) is 10.7 Å². The first-order valence-corrected chi connectivity index (χ1v) is 7.75. The molecular weight excluding hydrogens is 274 g/mol. The first-order valence-electron chi connectivity index (χ1n) is 6.94. The first-order chi connectivity index (χ1) is 9.45. The molecule has 1 aliphatic carbocycles. The van der Waals surface area contributed by atoms with E-state index in [-0.39, 0.29) is 11.9 Å². The molecule has 112 valence electrons. The number of hydrogen-bond donors (Lipinski definition) is 3. The van der Waals surface area contributed by atoms with Crippen molar-refractivity contribution in [2.75, 3.05) is 31.7 Å². The van der Waals surface area contributed by atoms with Gasteiger partial charge in [-0.2, -0.15) is 0 Å². The fraction of sp³-hybridized carbons (Fsp3) is 0.692. The summed E-state index contributed by atoms with van der Waals surface area (Å²) >= 11 is 1.33. The molecule has 1 atom stereocenters. The number of thiazole rings is 1. The average Bonchev–Trinajstić information content (AvgIpc) is 3.09. The van der Waals surface area contributed by atoms with E-state index in [1.54, 1.807) is 0 Å². The Balaban J connectivity index is 1.89. The van der Waals surface area contributed by atoms with Gasteiger partial charge in [0.15, 0.2) is 5.13 Å². The summed E-state index contributed by atoms with van der Waals surface area (Å²) in [6, 6.07) is 0.627. The quantitative estimate of drug-likeness (QED) is 0.708. The third-order valence-corrected chi connectivity index (χ3v) is 4.15. The molecule has 0 bridgehead atoms. The molecule has 1 aliphatic rings. The summed E-state index contributed by atoms with van der Waals surface area (Å²) in [5.74, 6) is 0.186. The predicted octanol–water partition coefficient (Wildman–Crippen LogP) is 1.37. The second kappa shape index (κ2) is 6.41. The van der Waals surface area contributed by atoms with E-state index in [9.17, 15) is 4.79 Å². The summed E-state index contributed by atoms with van der Waals surface area (Å²) < 4.78 is 0. The summed E-state index contributed by atoms with van der Waals surface area (Å²) in [7, 11) is 4.04. The van der Waals surface area contributed by atoms with Crippen molar-refractivity contribution in [3.05, 3.63) is 4.88 Å². The number of amides is 1. The zero-order chi connectivity index (χ0) is 14.7. The van der Waals surface area contributed by atoms with Crippen molar-refractivity contribution in [3.8, 4) is 0 Å². The molecule has 20 heavy (non-hydrogen) atoms. The van der Waals surface area contributed by atoms with Crippen LogP contribution in [0.4, 0.5) is 10.9 Å². The van der Waals surface area contributed by atoms with Crippen LogP contribution in [0.25, 0.3) is 0 Å². The summed E-state index contributed by atoms with van der Waals surface area (Å²) in [5.41, 5.74) is 5.83. The highest BCUT2D eigenvalue weighted by molar-refractivity contribution is 7.18. The van der Waals surface area contributed by atoms with Gasteiger partial charge in [0.25, 0.3) is 5.91 Å². The normalized spacial score (nSPS) is 16.2. The van der Waals surface area contributed by atoms with Crippen LogP contribution in [0.5, 0.6) is 0 Å². The molecule has 7 heteroatoms. The van der Waals surface area contributed by atoms with Gasteiger partial charge in [-0.05, 0) is 46.8 Å². The van der Waals surface area contributed by atoms with Gasteiger partial charge in [-0.15, -0.1) is 0 Å². The standard InChI is InChI=1S/C13H23N5OS/c1-8(6-7-18(2)3)15-12(19)10-11(14)17-13(20-10)16-9-4-5-9/h8-9H,4-7,14H2,1-3H3,(H,15,19)(H,16,17). The van der Waals surface area contributed by atoms with E-state index in [2.05, 4.69) is 20.5 Å². The number of nitrogen functional groups attached to an aromatic ring is 1. The SMILES string of the molecule is CC(CCN(C)C)NC(=O)c1sc(NC2CC2)nc1N. The zero-order valence-corrected chi connectivity index (χ0v) is 13.1. The third-order valence-electron chi connectivity index (χ3n) is 3.15. The molecule has 2 rings (SSSR count). The number of anilines is 2. The molecule has 0 radical (unpaired) electrons. The van der Waals surface area contributed by atoms with Crippen molar-refractivity contribution in [3.63, 3.8) is 0 Å². The van der Waals surface area contributed by atoms with Crippen LogP contribution in [0.2, 0.25) is 0 Å². The smallest absolute Gasteiger partial charge is 0.265 e. The molecule has 1 amide bonds. The number of aromatic nitrogens is 1. The van der Waals surface area contributed by atoms with Gasteiger partial charge in [-0.3, -0.25) is 4.79 Å². The maximum absolute atomic E-state index is 12.2. The first kappa shape index (κ1) is 15.1. The molecule has 0 saturated heterocycles. The third kappa shape index (κ3) is 4.35. The Morgan fingerprint density at radius 3 is 2.85 bits per heavy atom. The van der Waals surface area contributed by atoms with E-state index in [1.165, 1.54) is 24.2 Å². The van der Waals surface area contributed by atoms with Gasteiger partial charge >= 0.3 is 0 Å². The van der Waals surface area contributed by atoms with E-state index >= 15 is 0 Å². The number of hydrogen-bond acceptors (Lipinski definition) is 6. The highest BCUT2D eigenvalue weighted by Gasteiger charge is 2.24. The molecule has 6 nitrogen and oxygen atoms in total. The van der Waals surface area contributed by atoms with Crippen LogP contribution in [0.15, 0.2) is 0 Å². The number of nitrogens with zero attached hydrogens (tertiary/aromatic N) is 2. The van der Waals surface area contributed by atoms with E-state index in [0.29, 0.717) is 16.7 Å². The summed E-state index contributed by atoms with van der Waals surface area (Å²) in [6.45, 7) is 2.94. The summed E-state index contributed by atoms with van der Waals surface area (Å²) in [4.78, 5) is 19.0. The minimum absolute atomic E-state index is 0.117. The Morgan fingerprint density at radius 2 is 2.25 bits per heavy atom. The van der Waals surface area contributed by atoms with E-state index in [0.717, 1.165) is 18.1 Å². The fourth-order valence-corrected chi connectivity index (χ4v) is 2.64. The predicted molar refractivity (Wildman–Crippen MR) is 83.3 cm³/mol. The van der Waals surface area contributed by atoms with E-state index in [1.807, 2.05) is 21.0 Å². The molecule has 0 aliphatic heterocycles. The molecule has 1 aromatic rings. The second-order valence-electron chi connectivity index (χ2n) is 5.62. The molecule has 1 fully saturated rings. The Hall–Kier alpha value is -1.34. The minimum Gasteiger partial charge on any atom is -0.382 e. The van der Waals surface area contributed by atoms with Crippen LogP contribution in [-0.4, -0.2) is 48.5 Å². The summed E-state index contributed by atoms with van der Waals surface area (Å²) in [6.07, 6.45) is 3.25. The van der Waals surface area contributed by atoms with Crippen LogP contribution in [0.3, 0.4) is 0 Å². The lowest BCUT2D eigenvalue weighted by Gasteiger charge is -2.16. The van der Waals surface area contributed by atoms with Gasteiger partial charge in [-0.25, -0.2) is 4.98 Å². The summed E-state index contributed by atoms with van der Waals surface area (Å²) in [5, 5.41) is 6.98. The maximum Gasteiger partial charge on any atom is 0.265 e. The number of carbonyl (C=O) groups is 1. The molecule has 1 heterocycles. The van der Waals surface area contributed by atoms with E-state index in [4.69, 9.17) is 5.73 Å². The Kier molecular flexibility index (Phi) is 4.82. The van der Waals surface area contributed by atoms with E-state index < -0.39 is 0 Å². The van der Waals surface area contributed by atoms with Gasteiger partial charge in [0, 0.05) is 12.1 Å². The molecule has 1 aromatic heterocycles. The van der Waals surface area contributed by atoms with Crippen molar-refractivity contribution in [2.45, 2.75) is 38.3 Å². The maximum atomic E-state index is 12.2. The van der Waals surface area contributed by atoms with Crippen LogP contribution in [-0.2, 0) is 0 Å². The number of rotatable bonds is 7. The molecule has 1 saturated carbocycles. The molecule has 1 unspecified atom stereocenters. The number of nitrogens with one attached hydrogen (secondary N) is 2. The van der Waals surface area contributed by atoms with Crippen molar-refractivity contribution < 1.29 is 4.79 Å². The highest BCUT2D eigenvalue weighted by Crippen LogP contribution is 2.30. The highest BCUT2D eigenvalue weighted by atomic mass is 32.1. The minimum atomic E-state index is -0.130. The van der Waals surface area contributed by atoms with Crippen molar-refractivity contribution in [1.29, 1.82) is 0 Å². The van der Waals surface area contributed by atoms with Crippen LogP contribution < -0.4 is 16.4 Å². The van der Waals surface area contributed by atoms with Gasteiger partial charge < -0.3 is 21.3 Å². The Bertz CT molecular complexity index is 469. The van der Waals surface area contributed by atoms with Crippen LogP contribution in [0.1, 0.15) is 35.9 Å². The lowest BCUT2D eigenvalue weighted by atomic mass is 10.2. The topological polar surface area (TPSA) is 83.3 Å². The lowest BCUT2D eigenvalue weighted by Crippen LogP contribution is -2.34. The molecule has 0 spiro atoms. The van der Waals surface area contributed by atoms with Crippen molar-refractivity contribution in [1.82, 2.24) is 15.2 Å². The number of nitrogens with two attached hydrogens (primary N) is 1. The lowest BCUT2D eigenvalue weighted by molar-refractivity contribution is 0.0941. The number of carbonyl (C=O) groups excluding carboxylic acids is 1. The van der Waals surface area contributed by atoms with Crippen molar-refractivity contribution in [2.24, 2.45) is 0 Å². The van der Waals surface area contributed by atoms with Crippen LogP contribution >= 0.6 is 11.3 Å². The van der Waals surface area contributed by atoms with Crippen LogP contribution in [0, 0.1) is 0 Å². The monoisotopic (exact) mass is 297 g/mol. The molecule has 0 aromatic carbocycles. The molecule has 4 N–H and O–H groups in total. The zero-order valence-electron chi connectivity index (χ0n) is 12.3. The van der Waals surface area contributed by atoms with Gasteiger partial charge in [0.05, 0.1) is 0 Å². The fourth-order valence-electron chi connectivity index (χ4n) is 1.77. The second-order valence-corrected chi connectivity index (χ2v) is 6.62. The van der Waals surface area contributed by atoms with Gasteiger partial charge in [-0.1, -0.05) is 11.3 Å².